The van der Waals surface area contributed by atoms with Gasteiger partial charge in [0, 0.05) is 30.2 Å². The van der Waals surface area contributed by atoms with Crippen molar-refractivity contribution in [1.82, 2.24) is 19.6 Å². The Balaban J connectivity index is 1.36. The van der Waals surface area contributed by atoms with Gasteiger partial charge in [-0.05, 0) is 36.6 Å². The number of hydrogen-bond donors (Lipinski definition) is 4. The second-order valence-electron chi connectivity index (χ2n) is 10.2. The van der Waals surface area contributed by atoms with Gasteiger partial charge in [0.15, 0.2) is 0 Å². The molecule has 4 N–H and O–H groups in total. The maximum atomic E-state index is 14.2. The molecular weight excluding hydrogens is 591 g/mol. The van der Waals surface area contributed by atoms with Gasteiger partial charge in [-0.15, -0.1) is 0 Å². The van der Waals surface area contributed by atoms with Gasteiger partial charge in [0.2, 0.25) is 0 Å². The molecule has 0 spiro atoms. The molecule has 232 valence electrons. The van der Waals surface area contributed by atoms with E-state index < -0.39 is 56.0 Å². The fraction of sp³-hybridized carbons (Fsp3) is 0.300. The van der Waals surface area contributed by atoms with Crippen LogP contribution < -0.4 is 20.9 Å². The summed E-state index contributed by atoms with van der Waals surface area (Å²) in [5, 5.41) is 14.4. The van der Waals surface area contributed by atoms with Crippen LogP contribution in [0.5, 0.6) is 5.75 Å². The molecule has 0 bridgehead atoms. The number of para-hydroxylation sites is 2. The van der Waals surface area contributed by atoms with E-state index in [0.717, 1.165) is 10.9 Å². The number of methoxy groups -OCH3 is 1. The Hall–Kier alpha value is -4.26. The summed E-state index contributed by atoms with van der Waals surface area (Å²) in [6, 6.07) is 16.6. The fourth-order valence-corrected chi connectivity index (χ4v) is 6.41. The van der Waals surface area contributed by atoms with Gasteiger partial charge in [0.25, 0.3) is 5.56 Å². The van der Waals surface area contributed by atoms with E-state index in [0.29, 0.717) is 5.69 Å². The number of H-pyrrole nitrogens is 2. The van der Waals surface area contributed by atoms with Crippen LogP contribution in [0.25, 0.3) is 17.0 Å². The number of ether oxygens (including phenoxy) is 2. The lowest BCUT2D eigenvalue weighted by atomic mass is 10.1. The number of nitrogens with one attached hydrogen (secondary N) is 3. The van der Waals surface area contributed by atoms with Crippen LogP contribution in [0.15, 0.2) is 82.5 Å². The van der Waals surface area contributed by atoms with Gasteiger partial charge in [-0.2, -0.15) is 5.09 Å². The molecule has 1 fully saturated rings. The fourth-order valence-electron chi connectivity index (χ4n) is 4.91. The number of aliphatic hydroxyl groups is 1. The van der Waals surface area contributed by atoms with E-state index in [1.165, 1.54) is 23.9 Å². The molecular formula is C30H33N4O9P. The van der Waals surface area contributed by atoms with Gasteiger partial charge in [-0.1, -0.05) is 48.6 Å². The zero-order chi connectivity index (χ0) is 31.3. The molecule has 1 saturated heterocycles. The molecule has 5 atom stereocenters. The van der Waals surface area contributed by atoms with Crippen LogP contribution in [0.4, 0.5) is 0 Å². The lowest BCUT2D eigenvalue weighted by molar-refractivity contribution is -0.142. The van der Waals surface area contributed by atoms with Crippen molar-refractivity contribution in [2.45, 2.75) is 44.2 Å². The van der Waals surface area contributed by atoms with Crippen LogP contribution in [0.1, 0.15) is 30.8 Å². The predicted molar refractivity (Wildman–Crippen MR) is 162 cm³/mol. The number of benzene rings is 2. The molecule has 0 aliphatic carbocycles. The summed E-state index contributed by atoms with van der Waals surface area (Å²) < 4.78 is 37.8. The Morgan fingerprint density at radius 3 is 2.66 bits per heavy atom. The maximum Gasteiger partial charge on any atom is 0.459 e. The molecule has 5 rings (SSSR count). The highest BCUT2D eigenvalue weighted by molar-refractivity contribution is 7.52. The Kier molecular flexibility index (Phi) is 9.62. The Morgan fingerprint density at radius 2 is 1.93 bits per heavy atom. The largest absolute Gasteiger partial charge is 0.468 e. The Bertz CT molecular complexity index is 1770. The second kappa shape index (κ2) is 13.6. The first-order valence-corrected chi connectivity index (χ1v) is 15.5. The molecule has 3 heterocycles. The van der Waals surface area contributed by atoms with E-state index in [1.54, 1.807) is 43.3 Å². The highest BCUT2D eigenvalue weighted by Crippen LogP contribution is 2.46. The van der Waals surface area contributed by atoms with E-state index in [1.807, 2.05) is 30.3 Å². The van der Waals surface area contributed by atoms with Crippen molar-refractivity contribution in [3.05, 3.63) is 105 Å². The summed E-state index contributed by atoms with van der Waals surface area (Å²) in [7, 11) is -3.10. The number of fused-ring (bicyclic) bond motifs is 1. The normalized spacial score (nSPS) is 20.5. The number of aromatic amines is 2. The van der Waals surface area contributed by atoms with Crippen LogP contribution in [0.2, 0.25) is 0 Å². The van der Waals surface area contributed by atoms with E-state index in [-0.39, 0.29) is 24.2 Å². The topological polar surface area (TPSA) is 174 Å². The lowest BCUT2D eigenvalue weighted by Crippen LogP contribution is -2.40. The maximum absolute atomic E-state index is 14.2. The first kappa shape index (κ1) is 31.2. The van der Waals surface area contributed by atoms with Crippen LogP contribution in [0.3, 0.4) is 0 Å². The SMILES string of the molecule is C/C=C/c1cn(C2CC(O)C(COP(=O)(N[C@@H](Cc3cc4ccccc4[nH]3)C(=O)OC)Oc3ccccc3)O2)c(=O)[nH]c1=O. The molecule has 4 unspecified atom stereocenters. The van der Waals surface area contributed by atoms with Gasteiger partial charge in [-0.3, -0.25) is 23.7 Å². The quantitative estimate of drug-likeness (QED) is 0.135. The molecule has 44 heavy (non-hydrogen) atoms. The summed E-state index contributed by atoms with van der Waals surface area (Å²) in [5.41, 5.74) is 0.521. The highest BCUT2D eigenvalue weighted by Gasteiger charge is 2.40. The molecule has 1 aliphatic rings. The number of esters is 1. The zero-order valence-corrected chi connectivity index (χ0v) is 24.9. The minimum absolute atomic E-state index is 0.00228. The molecule has 1 aliphatic heterocycles. The van der Waals surface area contributed by atoms with Crippen molar-refractivity contribution in [3.8, 4) is 5.75 Å². The monoisotopic (exact) mass is 624 g/mol. The van der Waals surface area contributed by atoms with Crippen molar-refractivity contribution in [1.29, 1.82) is 0 Å². The number of nitrogens with zero attached hydrogens (tertiary/aromatic N) is 1. The van der Waals surface area contributed by atoms with Crippen molar-refractivity contribution >= 4 is 30.7 Å². The summed E-state index contributed by atoms with van der Waals surface area (Å²) >= 11 is 0. The molecule has 4 aromatic rings. The third-order valence-corrected chi connectivity index (χ3v) is 8.61. The van der Waals surface area contributed by atoms with Gasteiger partial charge in [0.1, 0.15) is 24.1 Å². The van der Waals surface area contributed by atoms with E-state index in [4.69, 9.17) is 18.5 Å². The minimum atomic E-state index is -4.32. The summed E-state index contributed by atoms with van der Waals surface area (Å²) in [6.07, 6.45) is 1.53. The van der Waals surface area contributed by atoms with Crippen LogP contribution in [0, 0.1) is 0 Å². The van der Waals surface area contributed by atoms with E-state index >= 15 is 0 Å². The summed E-state index contributed by atoms with van der Waals surface area (Å²) in [6.45, 7) is 1.31. The van der Waals surface area contributed by atoms with Gasteiger partial charge in [-0.25, -0.2) is 9.36 Å². The van der Waals surface area contributed by atoms with E-state index in [9.17, 15) is 24.1 Å². The van der Waals surface area contributed by atoms with Gasteiger partial charge >= 0.3 is 19.4 Å². The summed E-state index contributed by atoms with van der Waals surface area (Å²) in [4.78, 5) is 42.9. The number of allylic oxidation sites excluding steroid dienone is 1. The molecule has 14 heteroatoms. The first-order chi connectivity index (χ1) is 21.2. The standard InChI is InChI=1S/C30H33N4O9P/c1-3-9-20-17-34(30(38)32-28(20)36)27-16-25(35)26(42-27)18-41-44(39,43-22-11-5-4-6-12-22)33-24(29(37)40-2)15-21-14-19-10-7-8-13-23(19)31-21/h3-14,17,24-27,31,35H,15-16,18H2,1-2H3,(H,33,39)(H,32,36,38)/b9-3+/t24-,25?,26?,27?,44?/m0/s1. The van der Waals surface area contributed by atoms with Crippen molar-refractivity contribution < 1.29 is 33.0 Å². The molecule has 0 radical (unpaired) electrons. The number of hydrogen-bond acceptors (Lipinski definition) is 9. The number of rotatable bonds is 12. The molecule has 13 nitrogen and oxygen atoms in total. The van der Waals surface area contributed by atoms with Gasteiger partial charge < -0.3 is 24.1 Å². The number of carbonyl (C=O) groups excluding carboxylic acids is 1. The number of aromatic nitrogens is 3. The Labute approximate surface area is 252 Å². The third-order valence-electron chi connectivity index (χ3n) is 7.04. The Morgan fingerprint density at radius 1 is 1.18 bits per heavy atom. The highest BCUT2D eigenvalue weighted by atomic mass is 31.2. The number of carbonyl (C=O) groups is 1. The molecule has 0 saturated carbocycles. The van der Waals surface area contributed by atoms with Crippen molar-refractivity contribution in [3.63, 3.8) is 0 Å². The predicted octanol–water partition coefficient (Wildman–Crippen LogP) is 3.28. The van der Waals surface area contributed by atoms with Crippen LogP contribution >= 0.6 is 7.75 Å². The second-order valence-corrected chi connectivity index (χ2v) is 11.9. The van der Waals surface area contributed by atoms with E-state index in [2.05, 4.69) is 15.1 Å². The average Bonchev–Trinajstić information content (AvgIpc) is 3.59. The number of aliphatic hydroxyl groups excluding tert-OH is 1. The van der Waals surface area contributed by atoms with Crippen molar-refractivity contribution in [2.24, 2.45) is 0 Å². The third kappa shape index (κ3) is 7.26. The summed E-state index contributed by atoms with van der Waals surface area (Å²) in [5.74, 6) is -0.490. The van der Waals surface area contributed by atoms with Crippen molar-refractivity contribution in [2.75, 3.05) is 13.7 Å². The smallest absolute Gasteiger partial charge is 0.459 e. The van der Waals surface area contributed by atoms with Crippen LogP contribution in [-0.2, 0) is 29.8 Å². The molecule has 0 amide bonds. The van der Waals surface area contributed by atoms with Gasteiger partial charge in [0.05, 0.1) is 25.4 Å². The lowest BCUT2D eigenvalue weighted by Gasteiger charge is -2.25. The minimum Gasteiger partial charge on any atom is -0.468 e. The molecule has 2 aromatic heterocycles. The molecule has 2 aromatic carbocycles. The average molecular weight is 625 g/mol. The zero-order valence-electron chi connectivity index (χ0n) is 24.0. The van der Waals surface area contributed by atoms with Crippen LogP contribution in [-0.4, -0.2) is 57.6 Å². The first-order valence-electron chi connectivity index (χ1n) is 13.9.